The van der Waals surface area contributed by atoms with Crippen LogP contribution in [0.25, 0.3) is 0 Å². The summed E-state index contributed by atoms with van der Waals surface area (Å²) in [5.41, 5.74) is 5.41. The number of hydrazone groups is 2. The maximum Gasteiger partial charge on any atom is 0.344 e. The van der Waals surface area contributed by atoms with E-state index in [-0.39, 0.29) is 25.0 Å². The third-order valence-electron chi connectivity index (χ3n) is 8.05. The normalized spacial score (nSPS) is 18.8. The van der Waals surface area contributed by atoms with Gasteiger partial charge in [-0.05, 0) is 69.5 Å². The Bertz CT molecular complexity index is 1510. The first-order chi connectivity index (χ1) is 21.3. The molecule has 3 aromatic rings. The number of rotatable bonds is 11. The van der Waals surface area contributed by atoms with Gasteiger partial charge in [-0.25, -0.2) is 14.8 Å². The number of anilines is 2. The fourth-order valence-corrected chi connectivity index (χ4v) is 5.85. The van der Waals surface area contributed by atoms with Crippen LogP contribution in [0, 0.1) is 25.7 Å². The molecule has 2 unspecified atom stereocenters. The van der Waals surface area contributed by atoms with E-state index in [1.54, 1.807) is 19.1 Å². The Balaban J connectivity index is 1.62. The summed E-state index contributed by atoms with van der Waals surface area (Å²) in [5.74, 6) is -2.79. The van der Waals surface area contributed by atoms with Crippen LogP contribution in [0.5, 0.6) is 5.75 Å². The predicted octanol–water partition coefficient (Wildman–Crippen LogP) is 6.19. The number of aryl methyl sites for hydroxylation is 2. The Morgan fingerprint density at radius 3 is 1.68 bits per heavy atom. The van der Waals surface area contributed by atoms with Gasteiger partial charge in [0.05, 0.1) is 41.2 Å². The van der Waals surface area contributed by atoms with Crippen molar-refractivity contribution in [1.82, 2.24) is 0 Å². The van der Waals surface area contributed by atoms with Crippen LogP contribution in [0.15, 0.2) is 83.0 Å². The van der Waals surface area contributed by atoms with Crippen molar-refractivity contribution in [2.45, 2.75) is 53.4 Å². The number of ether oxygens (including phenoxy) is 2. The molecule has 2 atom stereocenters. The molecule has 3 aromatic carbocycles. The van der Waals surface area contributed by atoms with E-state index in [1.165, 1.54) is 10.0 Å². The fourth-order valence-electron chi connectivity index (χ4n) is 5.85. The van der Waals surface area contributed by atoms with E-state index in [2.05, 4.69) is 0 Å². The minimum absolute atomic E-state index is 0.229. The second-order valence-electron chi connectivity index (χ2n) is 11.0. The van der Waals surface area contributed by atoms with Gasteiger partial charge in [0.1, 0.15) is 5.75 Å². The molecule has 9 nitrogen and oxygen atoms in total. The number of esters is 1. The number of carbonyl (C=O) groups is 3. The van der Waals surface area contributed by atoms with E-state index in [0.29, 0.717) is 47.0 Å². The van der Waals surface area contributed by atoms with Crippen molar-refractivity contribution in [2.24, 2.45) is 22.0 Å². The molecule has 0 aliphatic carbocycles. The van der Waals surface area contributed by atoms with Gasteiger partial charge in [0.2, 0.25) is 0 Å². The zero-order valence-electron chi connectivity index (χ0n) is 25.8. The van der Waals surface area contributed by atoms with Gasteiger partial charge in [-0.15, -0.1) is 0 Å². The van der Waals surface area contributed by atoms with Crippen LogP contribution in [0.4, 0.5) is 11.4 Å². The van der Waals surface area contributed by atoms with E-state index >= 15 is 0 Å². The smallest absolute Gasteiger partial charge is 0.344 e. The van der Waals surface area contributed by atoms with Gasteiger partial charge < -0.3 is 9.47 Å². The van der Waals surface area contributed by atoms with Gasteiger partial charge in [0.15, 0.2) is 6.61 Å². The summed E-state index contributed by atoms with van der Waals surface area (Å²) in [7, 11) is 0. The summed E-state index contributed by atoms with van der Waals surface area (Å²) in [6, 6.07) is 22.5. The van der Waals surface area contributed by atoms with E-state index in [4.69, 9.17) is 19.7 Å². The van der Waals surface area contributed by atoms with Crippen molar-refractivity contribution in [3.05, 3.63) is 89.5 Å². The monoisotopic (exact) mass is 594 g/mol. The highest BCUT2D eigenvalue weighted by Crippen LogP contribution is 2.46. The Morgan fingerprint density at radius 2 is 1.23 bits per heavy atom. The number of nitrogens with zero attached hydrogens (tertiary/aromatic N) is 4. The molecule has 0 aromatic heterocycles. The summed E-state index contributed by atoms with van der Waals surface area (Å²) in [6.07, 6.45) is 1.00. The summed E-state index contributed by atoms with van der Waals surface area (Å²) >= 11 is 0. The van der Waals surface area contributed by atoms with Crippen molar-refractivity contribution in [2.75, 3.05) is 23.2 Å². The zero-order valence-corrected chi connectivity index (χ0v) is 25.8. The third-order valence-corrected chi connectivity index (χ3v) is 8.05. The predicted molar refractivity (Wildman–Crippen MR) is 171 cm³/mol. The first-order valence-electron chi connectivity index (χ1n) is 15.1. The lowest BCUT2D eigenvalue weighted by Crippen LogP contribution is -2.41. The molecule has 2 heterocycles. The largest absolute Gasteiger partial charge is 0.482 e. The lowest BCUT2D eigenvalue weighted by molar-refractivity contribution is -0.145. The standard InChI is InChI=1S/C35H38N4O5/c1-6-27-32(34(41)38(36-27)24-17-13-22(4)14-18-24)31(26-11-9-10-12-29(26)44-21-30(40)43-8-3)33-28(7-2)37-39(35(33)42)25-19-15-23(5)16-20-25/h9-20,31-33H,6-8,21H2,1-5H3. The van der Waals surface area contributed by atoms with Crippen molar-refractivity contribution >= 4 is 40.6 Å². The second-order valence-corrected chi connectivity index (χ2v) is 11.0. The highest BCUT2D eigenvalue weighted by atomic mass is 16.6. The molecule has 228 valence electrons. The quantitative estimate of drug-likeness (QED) is 0.247. The molecular weight excluding hydrogens is 556 g/mol. The van der Waals surface area contributed by atoms with Crippen LogP contribution in [0.1, 0.15) is 56.2 Å². The molecule has 0 bridgehead atoms. The average molecular weight is 595 g/mol. The van der Waals surface area contributed by atoms with Crippen LogP contribution >= 0.6 is 0 Å². The molecule has 9 heteroatoms. The number of carbonyl (C=O) groups excluding carboxylic acids is 3. The SMILES string of the molecule is CCOC(=O)COc1ccccc1C(C1C(=O)N(c2ccc(C)cc2)N=C1CC)C1C(=O)N(c2ccc(C)cc2)N=C1CC. The van der Waals surface area contributed by atoms with E-state index < -0.39 is 23.7 Å². The van der Waals surface area contributed by atoms with E-state index in [9.17, 15) is 14.4 Å². The highest BCUT2D eigenvalue weighted by Gasteiger charge is 2.51. The van der Waals surface area contributed by atoms with Gasteiger partial charge in [-0.1, -0.05) is 67.4 Å². The minimum atomic E-state index is -0.766. The van der Waals surface area contributed by atoms with Crippen LogP contribution < -0.4 is 14.8 Å². The third kappa shape index (κ3) is 6.00. The maximum absolute atomic E-state index is 14.4. The maximum atomic E-state index is 14.4. The van der Waals surface area contributed by atoms with Crippen molar-refractivity contribution in [3.8, 4) is 5.75 Å². The van der Waals surface area contributed by atoms with Crippen LogP contribution in [-0.4, -0.2) is 42.4 Å². The Labute approximate surface area is 258 Å². The molecular formula is C35H38N4O5. The van der Waals surface area contributed by atoms with Crippen molar-refractivity contribution < 1.29 is 23.9 Å². The van der Waals surface area contributed by atoms with Crippen LogP contribution in [0.2, 0.25) is 0 Å². The summed E-state index contributed by atoms with van der Waals surface area (Å²) in [4.78, 5) is 41.1. The zero-order chi connectivity index (χ0) is 31.4. The average Bonchev–Trinajstić information content (AvgIpc) is 3.54. The lowest BCUT2D eigenvalue weighted by atomic mass is 9.71. The molecule has 0 saturated heterocycles. The van der Waals surface area contributed by atoms with E-state index in [0.717, 1.165) is 11.1 Å². The Kier molecular flexibility index (Phi) is 9.23. The van der Waals surface area contributed by atoms with Crippen molar-refractivity contribution in [3.63, 3.8) is 0 Å². The molecule has 0 fully saturated rings. The number of amides is 2. The second kappa shape index (κ2) is 13.2. The molecule has 2 aliphatic heterocycles. The summed E-state index contributed by atoms with van der Waals surface area (Å²) in [5, 5.41) is 12.5. The fraction of sp³-hybridized carbons (Fsp3) is 0.343. The first kappa shape index (κ1) is 30.7. The number of benzene rings is 3. The molecule has 0 N–H and O–H groups in total. The molecule has 5 rings (SSSR count). The van der Waals surface area contributed by atoms with Crippen LogP contribution in [-0.2, 0) is 19.1 Å². The number of hydrogen-bond donors (Lipinski definition) is 0. The summed E-state index contributed by atoms with van der Waals surface area (Å²) in [6.45, 7) is 9.55. The molecule has 44 heavy (non-hydrogen) atoms. The number of para-hydroxylation sites is 1. The van der Waals surface area contributed by atoms with Gasteiger partial charge in [-0.3, -0.25) is 9.59 Å². The molecule has 2 aliphatic rings. The molecule has 2 amide bonds. The Morgan fingerprint density at radius 1 is 0.750 bits per heavy atom. The molecule has 0 saturated carbocycles. The molecule has 0 radical (unpaired) electrons. The first-order valence-corrected chi connectivity index (χ1v) is 15.1. The van der Waals surface area contributed by atoms with Gasteiger partial charge in [0, 0.05) is 5.92 Å². The summed E-state index contributed by atoms with van der Waals surface area (Å²) < 4.78 is 11.1. The van der Waals surface area contributed by atoms with E-state index in [1.807, 2.05) is 88.4 Å². The van der Waals surface area contributed by atoms with Crippen LogP contribution in [0.3, 0.4) is 0 Å². The van der Waals surface area contributed by atoms with Gasteiger partial charge in [-0.2, -0.15) is 10.2 Å². The topological polar surface area (TPSA) is 101 Å². The Hall–Kier alpha value is -4.79. The van der Waals surface area contributed by atoms with Gasteiger partial charge in [0.25, 0.3) is 11.8 Å². The lowest BCUT2D eigenvalue weighted by Gasteiger charge is -2.30. The molecule has 0 spiro atoms. The van der Waals surface area contributed by atoms with Gasteiger partial charge >= 0.3 is 5.97 Å². The number of hydrogen-bond acceptors (Lipinski definition) is 7. The minimum Gasteiger partial charge on any atom is -0.482 e. The highest BCUT2D eigenvalue weighted by molar-refractivity contribution is 6.20. The van der Waals surface area contributed by atoms with Crippen molar-refractivity contribution in [1.29, 1.82) is 0 Å².